The summed E-state index contributed by atoms with van der Waals surface area (Å²) in [5.41, 5.74) is 1.61. The lowest BCUT2D eigenvalue weighted by atomic mass is 10.0. The summed E-state index contributed by atoms with van der Waals surface area (Å²) in [5, 5.41) is 4.29. The minimum atomic E-state index is -0.392. The summed E-state index contributed by atoms with van der Waals surface area (Å²) in [6.07, 6.45) is 1.67. The number of nitrogens with one attached hydrogen (secondary N) is 1. The third-order valence-corrected chi connectivity index (χ3v) is 5.23. The Labute approximate surface area is 162 Å². The lowest BCUT2D eigenvalue weighted by molar-refractivity contribution is -0.169. The van der Waals surface area contributed by atoms with Gasteiger partial charge in [-0.05, 0) is 25.1 Å². The Morgan fingerprint density at radius 2 is 1.81 bits per heavy atom. The predicted octanol–water partition coefficient (Wildman–Crippen LogP) is 4.18. The van der Waals surface area contributed by atoms with Gasteiger partial charge >= 0.3 is 0 Å². The average molecular weight is 395 g/mol. The lowest BCUT2D eigenvalue weighted by Gasteiger charge is -2.38. The number of aryl methyl sites for hydroxylation is 1. The largest absolute Gasteiger partial charge is 0.356 e. The molecule has 6 nitrogen and oxygen atoms in total. The highest BCUT2D eigenvalue weighted by molar-refractivity contribution is 6.36. The molecular formula is C18H20Cl2N4O2. The third-order valence-electron chi connectivity index (χ3n) is 4.68. The molecule has 0 unspecified atom stereocenters. The van der Waals surface area contributed by atoms with E-state index in [1.165, 1.54) is 0 Å². The number of hydrogen-bond acceptors (Lipinski definition) is 6. The minimum absolute atomic E-state index is 0.392. The van der Waals surface area contributed by atoms with Crippen LogP contribution in [0.15, 0.2) is 24.3 Å². The van der Waals surface area contributed by atoms with Crippen LogP contribution in [0.3, 0.4) is 0 Å². The molecule has 0 saturated carbocycles. The van der Waals surface area contributed by atoms with Gasteiger partial charge in [0.2, 0.25) is 5.95 Å². The van der Waals surface area contributed by atoms with E-state index >= 15 is 0 Å². The van der Waals surface area contributed by atoms with Crippen molar-refractivity contribution in [2.75, 3.05) is 36.5 Å². The summed E-state index contributed by atoms with van der Waals surface area (Å²) in [6.45, 7) is 4.98. The van der Waals surface area contributed by atoms with Crippen LogP contribution in [-0.2, 0) is 9.47 Å². The molecule has 1 N–H and O–H groups in total. The van der Waals surface area contributed by atoms with Crippen molar-refractivity contribution in [3.05, 3.63) is 40.0 Å². The highest BCUT2D eigenvalue weighted by Gasteiger charge is 2.40. The molecule has 0 atom stereocenters. The number of halogens is 2. The first-order valence-electron chi connectivity index (χ1n) is 8.64. The molecule has 4 rings (SSSR count). The standard InChI is InChI=1S/C18H20Cl2N4O2/c1-12-10-16(24-6-4-18(5-7-24)25-8-9-26-18)23-17(21-12)22-15-3-2-13(19)11-14(15)20/h2-3,10-11H,4-9H2,1H3,(H,21,22,23). The smallest absolute Gasteiger partial charge is 0.229 e. The Morgan fingerprint density at radius 3 is 2.50 bits per heavy atom. The van der Waals surface area contributed by atoms with Gasteiger partial charge in [-0.15, -0.1) is 0 Å². The van der Waals surface area contributed by atoms with Gasteiger partial charge in [0.15, 0.2) is 5.79 Å². The van der Waals surface area contributed by atoms with E-state index < -0.39 is 5.79 Å². The third kappa shape index (κ3) is 3.74. The summed E-state index contributed by atoms with van der Waals surface area (Å²) >= 11 is 12.2. The maximum atomic E-state index is 6.24. The predicted molar refractivity (Wildman–Crippen MR) is 103 cm³/mol. The number of anilines is 3. The monoisotopic (exact) mass is 394 g/mol. The molecule has 0 radical (unpaired) electrons. The van der Waals surface area contributed by atoms with Crippen LogP contribution in [0.1, 0.15) is 18.5 Å². The summed E-state index contributed by atoms with van der Waals surface area (Å²) in [6, 6.07) is 7.27. The van der Waals surface area contributed by atoms with Crippen molar-refractivity contribution >= 4 is 40.7 Å². The van der Waals surface area contributed by atoms with Gasteiger partial charge in [0.1, 0.15) is 5.82 Å². The van der Waals surface area contributed by atoms with Crippen LogP contribution in [-0.4, -0.2) is 42.1 Å². The van der Waals surface area contributed by atoms with E-state index in [9.17, 15) is 0 Å². The van der Waals surface area contributed by atoms with Crippen LogP contribution in [0.5, 0.6) is 0 Å². The molecule has 138 valence electrons. The van der Waals surface area contributed by atoms with E-state index in [1.54, 1.807) is 12.1 Å². The first kappa shape index (κ1) is 17.8. The van der Waals surface area contributed by atoms with Crippen molar-refractivity contribution in [2.45, 2.75) is 25.6 Å². The molecule has 0 aliphatic carbocycles. The van der Waals surface area contributed by atoms with Gasteiger partial charge in [0.05, 0.1) is 23.9 Å². The number of piperidine rings is 1. The van der Waals surface area contributed by atoms with E-state index in [-0.39, 0.29) is 0 Å². The average Bonchev–Trinajstić information content (AvgIpc) is 3.06. The molecule has 2 aromatic rings. The Hall–Kier alpha value is -1.60. The van der Waals surface area contributed by atoms with Gasteiger partial charge in [-0.1, -0.05) is 23.2 Å². The Morgan fingerprint density at radius 1 is 1.08 bits per heavy atom. The quantitative estimate of drug-likeness (QED) is 0.842. The van der Waals surface area contributed by atoms with Gasteiger partial charge in [0, 0.05) is 42.7 Å². The van der Waals surface area contributed by atoms with E-state index in [1.807, 2.05) is 19.1 Å². The maximum Gasteiger partial charge on any atom is 0.229 e. The number of ether oxygens (including phenoxy) is 2. The Balaban J connectivity index is 1.51. The molecule has 1 aromatic carbocycles. The molecule has 1 aromatic heterocycles. The number of benzene rings is 1. The first-order chi connectivity index (χ1) is 12.5. The highest BCUT2D eigenvalue weighted by Crippen LogP contribution is 2.33. The van der Waals surface area contributed by atoms with Crippen LogP contribution in [0.4, 0.5) is 17.5 Å². The molecule has 2 saturated heterocycles. The zero-order valence-corrected chi connectivity index (χ0v) is 16.0. The second kappa shape index (κ2) is 7.19. The number of nitrogens with zero attached hydrogens (tertiary/aromatic N) is 3. The summed E-state index contributed by atoms with van der Waals surface area (Å²) in [7, 11) is 0. The van der Waals surface area contributed by atoms with Gasteiger partial charge in [-0.3, -0.25) is 0 Å². The summed E-state index contributed by atoms with van der Waals surface area (Å²) in [5.74, 6) is 1.01. The van der Waals surface area contributed by atoms with Crippen molar-refractivity contribution in [3.8, 4) is 0 Å². The second-order valence-corrected chi connectivity index (χ2v) is 7.38. The Kier molecular flexibility index (Phi) is 4.92. The van der Waals surface area contributed by atoms with Crippen LogP contribution < -0.4 is 10.2 Å². The normalized spacial score (nSPS) is 19.1. The van der Waals surface area contributed by atoms with Crippen LogP contribution >= 0.6 is 23.2 Å². The zero-order chi connectivity index (χ0) is 18.1. The van der Waals surface area contributed by atoms with Gasteiger partial charge in [-0.2, -0.15) is 4.98 Å². The van der Waals surface area contributed by atoms with Crippen molar-refractivity contribution in [3.63, 3.8) is 0 Å². The fraction of sp³-hybridized carbons (Fsp3) is 0.444. The molecule has 0 bridgehead atoms. The van der Waals surface area contributed by atoms with E-state index in [0.717, 1.165) is 43.1 Å². The van der Waals surface area contributed by atoms with Gasteiger partial charge < -0.3 is 19.7 Å². The number of aromatic nitrogens is 2. The molecule has 0 amide bonds. The first-order valence-corrected chi connectivity index (χ1v) is 9.39. The lowest BCUT2D eigenvalue weighted by Crippen LogP contribution is -2.45. The number of rotatable bonds is 3. The second-order valence-electron chi connectivity index (χ2n) is 6.53. The van der Waals surface area contributed by atoms with E-state index in [4.69, 9.17) is 32.7 Å². The van der Waals surface area contributed by atoms with Crippen LogP contribution in [0, 0.1) is 6.92 Å². The topological polar surface area (TPSA) is 59.5 Å². The Bertz CT molecular complexity index is 802. The fourth-order valence-corrected chi connectivity index (χ4v) is 3.80. The molecule has 8 heteroatoms. The minimum Gasteiger partial charge on any atom is -0.356 e. The number of hydrogen-bond donors (Lipinski definition) is 1. The zero-order valence-electron chi connectivity index (χ0n) is 14.5. The van der Waals surface area contributed by atoms with E-state index in [2.05, 4.69) is 20.2 Å². The highest BCUT2D eigenvalue weighted by atomic mass is 35.5. The van der Waals surface area contributed by atoms with E-state index in [0.29, 0.717) is 29.2 Å². The SMILES string of the molecule is Cc1cc(N2CCC3(CC2)OCCO3)nc(Nc2ccc(Cl)cc2Cl)n1. The molecular weight excluding hydrogens is 375 g/mol. The summed E-state index contributed by atoms with van der Waals surface area (Å²) < 4.78 is 11.6. The van der Waals surface area contributed by atoms with Gasteiger partial charge in [-0.25, -0.2) is 4.98 Å². The van der Waals surface area contributed by atoms with Crippen molar-refractivity contribution < 1.29 is 9.47 Å². The molecule has 1 spiro atoms. The molecule has 26 heavy (non-hydrogen) atoms. The van der Waals surface area contributed by atoms with Crippen molar-refractivity contribution in [1.82, 2.24) is 9.97 Å². The van der Waals surface area contributed by atoms with Crippen LogP contribution in [0.25, 0.3) is 0 Å². The molecule has 2 aliphatic heterocycles. The van der Waals surface area contributed by atoms with Gasteiger partial charge in [0.25, 0.3) is 0 Å². The molecule has 3 heterocycles. The fourth-order valence-electron chi connectivity index (χ4n) is 3.34. The molecule has 2 fully saturated rings. The maximum absolute atomic E-state index is 6.24. The van der Waals surface area contributed by atoms with Crippen molar-refractivity contribution in [1.29, 1.82) is 0 Å². The van der Waals surface area contributed by atoms with Crippen LogP contribution in [0.2, 0.25) is 10.0 Å². The van der Waals surface area contributed by atoms with Crippen molar-refractivity contribution in [2.24, 2.45) is 0 Å². The summed E-state index contributed by atoms with van der Waals surface area (Å²) in [4.78, 5) is 11.4. The molecule has 2 aliphatic rings.